The topological polar surface area (TPSA) is 159 Å². The number of aromatic amines is 1. The summed E-state index contributed by atoms with van der Waals surface area (Å²) in [6.45, 7) is 9.11. The van der Waals surface area contributed by atoms with Gasteiger partial charge in [0.1, 0.15) is 11.9 Å². The molecular formula is C53H65N7O6. The Kier molecular flexibility index (Phi) is 12.9. The van der Waals surface area contributed by atoms with Crippen LogP contribution in [0.3, 0.4) is 0 Å². The Morgan fingerprint density at radius 3 is 2.23 bits per heavy atom. The third-order valence-corrected chi connectivity index (χ3v) is 15.4. The predicted molar refractivity (Wildman–Crippen MR) is 255 cm³/mol. The number of hydrogen-bond donors (Lipinski definition) is 2. The van der Waals surface area contributed by atoms with E-state index >= 15 is 0 Å². The molecule has 13 nitrogen and oxygen atoms in total. The fourth-order valence-corrected chi connectivity index (χ4v) is 11.9. The van der Waals surface area contributed by atoms with Gasteiger partial charge in [0, 0.05) is 43.2 Å². The first-order valence-electron chi connectivity index (χ1n) is 24.3. The van der Waals surface area contributed by atoms with Crippen molar-refractivity contribution in [2.24, 2.45) is 22.7 Å². The maximum absolute atomic E-state index is 13.9. The zero-order valence-corrected chi connectivity index (χ0v) is 39.5. The predicted octanol–water partition coefficient (Wildman–Crippen LogP) is 9.50. The number of imidazole rings is 1. The van der Waals surface area contributed by atoms with E-state index in [-0.39, 0.29) is 53.5 Å². The van der Waals surface area contributed by atoms with Crippen LogP contribution in [0.25, 0.3) is 39.0 Å². The molecule has 1 saturated carbocycles. The Bertz CT molecular complexity index is 2570. The molecular weight excluding hydrogens is 831 g/mol. The highest BCUT2D eigenvalue weighted by atomic mass is 16.5. The first-order chi connectivity index (χ1) is 31.9. The maximum atomic E-state index is 13.9. The van der Waals surface area contributed by atoms with Gasteiger partial charge in [0.25, 0.3) is 0 Å². The highest BCUT2D eigenvalue weighted by Crippen LogP contribution is 2.54. The van der Waals surface area contributed by atoms with Crippen LogP contribution in [0.2, 0.25) is 0 Å². The molecule has 3 amide bonds. The molecule has 3 fully saturated rings. The van der Waals surface area contributed by atoms with E-state index in [4.69, 9.17) is 24.4 Å². The van der Waals surface area contributed by atoms with Crippen molar-refractivity contribution in [3.63, 3.8) is 0 Å². The number of fused-ring (bicyclic) bond motifs is 3. The minimum absolute atomic E-state index is 0.0126. The van der Waals surface area contributed by atoms with Crippen molar-refractivity contribution in [1.82, 2.24) is 30.1 Å². The number of rotatable bonds is 12. The van der Waals surface area contributed by atoms with Crippen LogP contribution in [-0.4, -0.2) is 93.7 Å². The third kappa shape index (κ3) is 8.54. The molecule has 1 spiro atoms. The summed E-state index contributed by atoms with van der Waals surface area (Å²) in [6, 6.07) is 14.5. The molecule has 4 atom stereocenters. The molecule has 5 heterocycles. The Morgan fingerprint density at radius 1 is 0.818 bits per heavy atom. The highest BCUT2D eigenvalue weighted by molar-refractivity contribution is 6.03. The molecule has 2 N–H and O–H groups in total. The average Bonchev–Trinajstić information content (AvgIpc) is 4.19. The highest BCUT2D eigenvalue weighted by Gasteiger charge is 2.43. The molecule has 3 aliphatic heterocycles. The number of esters is 1. The zero-order chi connectivity index (χ0) is 46.3. The normalized spacial score (nSPS) is 21.0. The molecule has 348 valence electrons. The van der Waals surface area contributed by atoms with E-state index in [9.17, 15) is 19.2 Å². The molecule has 13 heteroatoms. The van der Waals surface area contributed by atoms with Crippen molar-refractivity contribution in [1.29, 1.82) is 0 Å². The molecule has 2 aliphatic carbocycles. The Morgan fingerprint density at radius 2 is 1.53 bits per heavy atom. The number of allylic oxidation sites excluding steroid dienone is 1. The lowest BCUT2D eigenvalue weighted by Gasteiger charge is -2.39. The summed E-state index contributed by atoms with van der Waals surface area (Å²) in [5.74, 6) is -0.199. The summed E-state index contributed by atoms with van der Waals surface area (Å²) >= 11 is 0. The lowest BCUT2D eigenvalue weighted by atomic mass is 9.65. The van der Waals surface area contributed by atoms with Gasteiger partial charge in [0.05, 0.1) is 55.4 Å². The van der Waals surface area contributed by atoms with Crippen LogP contribution in [0.4, 0.5) is 4.79 Å². The number of amides is 3. The second-order valence-corrected chi connectivity index (χ2v) is 20.0. The number of nitrogens with zero attached hydrogens (tertiary/aromatic N) is 5. The van der Waals surface area contributed by atoms with Gasteiger partial charge in [-0.3, -0.25) is 24.4 Å². The monoisotopic (exact) mass is 895 g/mol. The number of benzene rings is 2. The van der Waals surface area contributed by atoms with Gasteiger partial charge in [0.15, 0.2) is 0 Å². The molecule has 2 aromatic heterocycles. The average molecular weight is 896 g/mol. The van der Waals surface area contributed by atoms with Crippen LogP contribution in [-0.2, 0) is 35.7 Å². The molecule has 5 aliphatic rings. The number of nitrogens with one attached hydrogen (secondary N) is 2. The van der Waals surface area contributed by atoms with Crippen LogP contribution >= 0.6 is 0 Å². The lowest BCUT2D eigenvalue weighted by Crippen LogP contribution is -2.51. The Labute approximate surface area is 388 Å². The molecule has 0 radical (unpaired) electrons. The van der Waals surface area contributed by atoms with Crippen LogP contribution in [0.5, 0.6) is 0 Å². The van der Waals surface area contributed by atoms with Crippen molar-refractivity contribution in [3.8, 4) is 22.4 Å². The molecule has 9 rings (SSSR count). The second-order valence-electron chi connectivity index (χ2n) is 20.0. The smallest absolute Gasteiger partial charge is 0.407 e. The maximum Gasteiger partial charge on any atom is 0.407 e. The number of carbonyl (C=O) groups excluding carboxylic acids is 4. The van der Waals surface area contributed by atoms with Crippen LogP contribution in [0.1, 0.15) is 133 Å². The first-order valence-corrected chi connectivity index (χ1v) is 24.3. The Balaban J connectivity index is 0.960. The quantitative estimate of drug-likeness (QED) is 0.133. The molecule has 66 heavy (non-hydrogen) atoms. The van der Waals surface area contributed by atoms with E-state index < -0.39 is 18.1 Å². The van der Waals surface area contributed by atoms with E-state index in [1.807, 2.05) is 49.9 Å². The SMILES string of the molecule is COC(=O)C[C@H](C(=O)N1CCC[C@H]1C1=NC=C(c2ccc(-c3ccc(-c4ccc5nc([C@@H]6CCCN6C(=O)[C@@H](NC(=O)OC)C(C)C)[nH]c5c4)c4c3CCCC43CCCC3)nc2)C1)C(C)C. The number of methoxy groups -OCH3 is 2. The van der Waals surface area contributed by atoms with E-state index in [0.29, 0.717) is 19.5 Å². The zero-order valence-electron chi connectivity index (χ0n) is 39.5. The summed E-state index contributed by atoms with van der Waals surface area (Å²) < 4.78 is 9.76. The second kappa shape index (κ2) is 18.8. The van der Waals surface area contributed by atoms with E-state index in [0.717, 1.165) is 83.5 Å². The number of aliphatic imine (C=N–C) groups is 1. The number of carbonyl (C=O) groups is 4. The van der Waals surface area contributed by atoms with Gasteiger partial charge < -0.3 is 29.6 Å². The number of hydrogen-bond acceptors (Lipinski definition) is 9. The number of aromatic nitrogens is 3. The van der Waals surface area contributed by atoms with Gasteiger partial charge in [-0.1, -0.05) is 64.8 Å². The fraction of sp³-hybridized carbons (Fsp3) is 0.528. The summed E-state index contributed by atoms with van der Waals surface area (Å²) in [7, 11) is 2.68. The number of H-pyrrole nitrogens is 1. The number of pyridine rings is 1. The molecule has 4 aromatic rings. The lowest BCUT2D eigenvalue weighted by molar-refractivity contribution is -0.148. The molecule has 2 saturated heterocycles. The van der Waals surface area contributed by atoms with Crippen molar-refractivity contribution < 1.29 is 28.7 Å². The first kappa shape index (κ1) is 45.3. The van der Waals surface area contributed by atoms with E-state index in [1.165, 1.54) is 68.6 Å². The van der Waals surface area contributed by atoms with Crippen molar-refractivity contribution in [2.45, 2.75) is 135 Å². The number of alkyl carbamates (subject to hydrolysis) is 1. The van der Waals surface area contributed by atoms with Crippen LogP contribution < -0.4 is 5.32 Å². The van der Waals surface area contributed by atoms with Gasteiger partial charge in [-0.15, -0.1) is 0 Å². The minimum atomic E-state index is -0.690. The van der Waals surface area contributed by atoms with Crippen molar-refractivity contribution >= 4 is 46.2 Å². The number of ether oxygens (including phenoxy) is 2. The standard InChI is InChI=1S/C53H65N7O6/c1-31(2)39(28-46(61)65-5)50(62)59-24-10-13-44(59)43-27-35(30-55-43)34-16-19-40(54-29-34)37-18-17-36(47-38(37)12-9-23-53(47)21-7-8-22-53)33-15-20-41-42(26-33)57-49(56-41)45-14-11-25-60(45)51(63)48(32(3)4)58-52(64)66-6/h15-20,26,29-32,39,44-45,48H,7-14,21-25,27-28H2,1-6H3,(H,56,57)(H,58,64)/t39-,44-,45-,48-/m0/s1. The van der Waals surface area contributed by atoms with Gasteiger partial charge in [0.2, 0.25) is 11.8 Å². The Hall–Kier alpha value is -5.85. The van der Waals surface area contributed by atoms with Crippen LogP contribution in [0.15, 0.2) is 59.9 Å². The van der Waals surface area contributed by atoms with E-state index in [1.54, 1.807) is 0 Å². The van der Waals surface area contributed by atoms with Gasteiger partial charge in [-0.2, -0.15) is 0 Å². The van der Waals surface area contributed by atoms with Crippen molar-refractivity contribution in [3.05, 3.63) is 77.4 Å². The molecule has 0 unspecified atom stereocenters. The van der Waals surface area contributed by atoms with Gasteiger partial charge in [-0.05, 0) is 127 Å². The summed E-state index contributed by atoms with van der Waals surface area (Å²) in [4.78, 5) is 74.5. The fourth-order valence-electron chi connectivity index (χ4n) is 11.9. The number of likely N-dealkylation sites (tertiary alicyclic amines) is 2. The molecule has 0 bridgehead atoms. The summed E-state index contributed by atoms with van der Waals surface area (Å²) in [6.07, 6.45) is 15.7. The minimum Gasteiger partial charge on any atom is -0.469 e. The van der Waals surface area contributed by atoms with Gasteiger partial charge >= 0.3 is 12.1 Å². The summed E-state index contributed by atoms with van der Waals surface area (Å²) in [5, 5.41) is 2.75. The third-order valence-electron chi connectivity index (χ3n) is 15.4. The largest absolute Gasteiger partial charge is 0.469 e. The van der Waals surface area contributed by atoms with Crippen LogP contribution in [0, 0.1) is 17.8 Å². The molecule has 2 aromatic carbocycles. The van der Waals surface area contributed by atoms with Crippen molar-refractivity contribution in [2.75, 3.05) is 27.3 Å². The summed E-state index contributed by atoms with van der Waals surface area (Å²) in [5.41, 5.74) is 12.6. The van der Waals surface area contributed by atoms with Gasteiger partial charge in [-0.25, -0.2) is 9.78 Å². The van der Waals surface area contributed by atoms with E-state index in [2.05, 4.69) is 52.8 Å².